The maximum absolute atomic E-state index is 12.8. The van der Waals surface area contributed by atoms with Crippen LogP contribution in [0.4, 0.5) is 11.4 Å². The van der Waals surface area contributed by atoms with E-state index in [-0.39, 0.29) is 21.9 Å². The standard InChI is InChI=1S/C25H31N3O5S/c1-18(29)19-7-10-22(11-8-19)34(32,33)26-20-9-12-24(23(17-20)25(30)31)28-15-13-27(14-16-28)21-5-3-2-4-6-21/h7-12,17,21,26H,2-6,13-16H2,1H3,(H,30,31). The number of piperazine rings is 1. The number of carboxylic acids is 1. The molecule has 182 valence electrons. The molecule has 0 bridgehead atoms. The molecule has 2 N–H and O–H groups in total. The molecule has 8 nitrogen and oxygen atoms in total. The van der Waals surface area contributed by atoms with Crippen molar-refractivity contribution in [3.8, 4) is 0 Å². The molecule has 0 atom stereocenters. The van der Waals surface area contributed by atoms with E-state index in [9.17, 15) is 23.1 Å². The van der Waals surface area contributed by atoms with Crippen LogP contribution in [0.15, 0.2) is 47.4 Å². The molecule has 2 aromatic carbocycles. The highest BCUT2D eigenvalue weighted by Gasteiger charge is 2.27. The number of nitrogens with zero attached hydrogens (tertiary/aromatic N) is 2. The molecule has 1 aliphatic carbocycles. The maximum Gasteiger partial charge on any atom is 0.337 e. The summed E-state index contributed by atoms with van der Waals surface area (Å²) in [5.41, 5.74) is 1.26. The highest BCUT2D eigenvalue weighted by molar-refractivity contribution is 7.92. The van der Waals surface area contributed by atoms with E-state index < -0.39 is 16.0 Å². The van der Waals surface area contributed by atoms with Crippen molar-refractivity contribution in [3.63, 3.8) is 0 Å². The number of carboxylic acid groups (broad SMARTS) is 1. The smallest absolute Gasteiger partial charge is 0.337 e. The zero-order valence-electron chi connectivity index (χ0n) is 19.4. The van der Waals surface area contributed by atoms with Gasteiger partial charge in [-0.05, 0) is 50.1 Å². The van der Waals surface area contributed by atoms with Crippen LogP contribution in [0.25, 0.3) is 0 Å². The first kappa shape index (κ1) is 24.2. The van der Waals surface area contributed by atoms with Gasteiger partial charge in [0.15, 0.2) is 5.78 Å². The Bertz CT molecular complexity index is 1150. The van der Waals surface area contributed by atoms with Crippen LogP contribution in [-0.2, 0) is 10.0 Å². The van der Waals surface area contributed by atoms with Crippen molar-refractivity contribution < 1.29 is 23.1 Å². The summed E-state index contributed by atoms with van der Waals surface area (Å²) in [6.45, 7) is 4.68. The number of carbonyl (C=O) groups excluding carboxylic acids is 1. The number of carbonyl (C=O) groups is 2. The Kier molecular flexibility index (Phi) is 7.23. The van der Waals surface area contributed by atoms with Crippen molar-refractivity contribution in [1.29, 1.82) is 0 Å². The van der Waals surface area contributed by atoms with Gasteiger partial charge in [0.1, 0.15) is 0 Å². The fourth-order valence-electron chi connectivity index (χ4n) is 4.90. The summed E-state index contributed by atoms with van der Waals surface area (Å²) >= 11 is 0. The van der Waals surface area contributed by atoms with Crippen LogP contribution in [0.5, 0.6) is 0 Å². The fraction of sp³-hybridized carbons (Fsp3) is 0.440. The van der Waals surface area contributed by atoms with Gasteiger partial charge in [0.05, 0.1) is 16.1 Å². The van der Waals surface area contributed by atoms with Crippen molar-refractivity contribution in [3.05, 3.63) is 53.6 Å². The molecule has 1 heterocycles. The van der Waals surface area contributed by atoms with E-state index in [2.05, 4.69) is 14.5 Å². The van der Waals surface area contributed by atoms with Crippen LogP contribution in [0.2, 0.25) is 0 Å². The molecule has 1 saturated heterocycles. The topological polar surface area (TPSA) is 107 Å². The molecule has 0 spiro atoms. The lowest BCUT2D eigenvalue weighted by Crippen LogP contribution is -2.51. The molecule has 1 aliphatic heterocycles. The summed E-state index contributed by atoms with van der Waals surface area (Å²) in [6.07, 6.45) is 6.37. The van der Waals surface area contributed by atoms with E-state index >= 15 is 0 Å². The van der Waals surface area contributed by atoms with E-state index in [1.165, 1.54) is 69.4 Å². The maximum atomic E-state index is 12.8. The Hall–Kier alpha value is -2.91. The third-order valence-electron chi connectivity index (χ3n) is 6.80. The third kappa shape index (κ3) is 5.42. The predicted molar refractivity (Wildman–Crippen MR) is 131 cm³/mol. The van der Waals surface area contributed by atoms with E-state index in [0.717, 1.165) is 26.2 Å². The van der Waals surface area contributed by atoms with Gasteiger partial charge >= 0.3 is 5.97 Å². The highest BCUT2D eigenvalue weighted by Crippen LogP contribution is 2.29. The SMILES string of the molecule is CC(=O)c1ccc(S(=O)(=O)Nc2ccc(N3CCN(C4CCCCC4)CC3)c(C(=O)O)c2)cc1. The number of benzene rings is 2. The summed E-state index contributed by atoms with van der Waals surface area (Å²) in [5.74, 6) is -1.25. The largest absolute Gasteiger partial charge is 0.478 e. The molecular formula is C25H31N3O5S. The Balaban J connectivity index is 1.48. The molecular weight excluding hydrogens is 454 g/mol. The van der Waals surface area contributed by atoms with Crippen LogP contribution in [0.3, 0.4) is 0 Å². The fourth-order valence-corrected chi connectivity index (χ4v) is 5.95. The second-order valence-corrected chi connectivity index (χ2v) is 10.7. The van der Waals surface area contributed by atoms with Gasteiger partial charge in [-0.15, -0.1) is 0 Å². The summed E-state index contributed by atoms with van der Waals surface area (Å²) in [5, 5.41) is 9.83. The molecule has 4 rings (SSSR count). The summed E-state index contributed by atoms with van der Waals surface area (Å²) < 4.78 is 28.0. The van der Waals surface area contributed by atoms with E-state index in [4.69, 9.17) is 0 Å². The summed E-state index contributed by atoms with van der Waals surface area (Å²) in [7, 11) is -3.93. The van der Waals surface area contributed by atoms with Crippen molar-refractivity contribution in [2.75, 3.05) is 35.8 Å². The third-order valence-corrected chi connectivity index (χ3v) is 8.19. The second-order valence-electron chi connectivity index (χ2n) is 9.04. The quantitative estimate of drug-likeness (QED) is 0.574. The molecule has 0 unspecified atom stereocenters. The molecule has 1 saturated carbocycles. The van der Waals surface area contributed by atoms with Crippen molar-refractivity contribution in [2.45, 2.75) is 50.0 Å². The first-order chi connectivity index (χ1) is 16.2. The zero-order chi connectivity index (χ0) is 24.3. The highest BCUT2D eigenvalue weighted by atomic mass is 32.2. The molecule has 2 aromatic rings. The first-order valence-corrected chi connectivity index (χ1v) is 13.2. The van der Waals surface area contributed by atoms with Crippen molar-refractivity contribution in [2.24, 2.45) is 0 Å². The number of anilines is 2. The van der Waals surface area contributed by atoms with Crippen molar-refractivity contribution >= 4 is 33.2 Å². The van der Waals surface area contributed by atoms with Gasteiger partial charge in [0.25, 0.3) is 10.0 Å². The summed E-state index contributed by atoms with van der Waals surface area (Å²) in [6, 6.07) is 10.9. The number of hydrogen-bond acceptors (Lipinski definition) is 6. The molecule has 34 heavy (non-hydrogen) atoms. The van der Waals surface area contributed by atoms with Crippen LogP contribution in [-0.4, -0.2) is 62.4 Å². The van der Waals surface area contributed by atoms with E-state index in [1.807, 2.05) is 0 Å². The molecule has 2 fully saturated rings. The molecule has 0 radical (unpaired) electrons. The van der Waals surface area contributed by atoms with Gasteiger partial charge in [-0.1, -0.05) is 31.4 Å². The normalized spacial score (nSPS) is 18.0. The van der Waals surface area contributed by atoms with Gasteiger partial charge < -0.3 is 10.0 Å². The number of sulfonamides is 1. The number of rotatable bonds is 7. The monoisotopic (exact) mass is 485 g/mol. The zero-order valence-corrected chi connectivity index (χ0v) is 20.2. The predicted octanol–water partition coefficient (Wildman–Crippen LogP) is 3.84. The van der Waals surface area contributed by atoms with Gasteiger partial charge in [-0.3, -0.25) is 14.4 Å². The number of aromatic carboxylic acids is 1. The minimum atomic E-state index is -3.93. The lowest BCUT2D eigenvalue weighted by Gasteiger charge is -2.41. The first-order valence-electron chi connectivity index (χ1n) is 11.7. The van der Waals surface area contributed by atoms with E-state index in [1.54, 1.807) is 12.1 Å². The van der Waals surface area contributed by atoms with Gasteiger partial charge in [0, 0.05) is 43.5 Å². The molecule has 0 amide bonds. The Morgan fingerprint density at radius 3 is 2.18 bits per heavy atom. The van der Waals surface area contributed by atoms with Crippen LogP contribution in [0, 0.1) is 0 Å². The Morgan fingerprint density at radius 2 is 1.59 bits per heavy atom. The number of hydrogen-bond donors (Lipinski definition) is 2. The minimum Gasteiger partial charge on any atom is -0.478 e. The summed E-state index contributed by atoms with van der Waals surface area (Å²) in [4.78, 5) is 28.0. The number of nitrogens with one attached hydrogen (secondary N) is 1. The number of ketones is 1. The molecule has 2 aliphatic rings. The van der Waals surface area contributed by atoms with Crippen LogP contribution < -0.4 is 9.62 Å². The minimum absolute atomic E-state index is 0.00251. The Labute approximate surface area is 200 Å². The lowest BCUT2D eigenvalue weighted by atomic mass is 9.94. The second kappa shape index (κ2) is 10.1. The van der Waals surface area contributed by atoms with Gasteiger partial charge in [-0.25, -0.2) is 13.2 Å². The average molecular weight is 486 g/mol. The van der Waals surface area contributed by atoms with Gasteiger partial charge in [-0.2, -0.15) is 0 Å². The van der Waals surface area contributed by atoms with Crippen molar-refractivity contribution in [1.82, 2.24) is 4.90 Å². The van der Waals surface area contributed by atoms with Crippen LogP contribution >= 0.6 is 0 Å². The average Bonchev–Trinajstić information content (AvgIpc) is 2.84. The van der Waals surface area contributed by atoms with Gasteiger partial charge in [0.2, 0.25) is 0 Å². The Morgan fingerprint density at radius 1 is 0.941 bits per heavy atom. The molecule has 9 heteroatoms. The molecule has 0 aromatic heterocycles. The van der Waals surface area contributed by atoms with Crippen LogP contribution in [0.1, 0.15) is 59.7 Å². The van der Waals surface area contributed by atoms with E-state index in [0.29, 0.717) is 17.3 Å². The number of Topliss-reactive ketones (excluding diaryl/α,β-unsaturated/α-hetero) is 1. The lowest BCUT2D eigenvalue weighted by molar-refractivity contribution is 0.0697.